The van der Waals surface area contributed by atoms with E-state index in [1.807, 2.05) is 13.0 Å². The van der Waals surface area contributed by atoms with Gasteiger partial charge in [-0.2, -0.15) is 0 Å². The molecule has 0 spiro atoms. The maximum absolute atomic E-state index is 11.8. The van der Waals surface area contributed by atoms with E-state index in [1.54, 1.807) is 12.1 Å². The van der Waals surface area contributed by atoms with E-state index in [0.717, 1.165) is 12.0 Å². The molecule has 1 aromatic carbocycles. The van der Waals surface area contributed by atoms with Crippen LogP contribution in [0.3, 0.4) is 0 Å². The molecule has 0 atom stereocenters. The molecule has 1 rings (SSSR count). The van der Waals surface area contributed by atoms with Crippen molar-refractivity contribution in [1.82, 2.24) is 0 Å². The Morgan fingerprint density at radius 3 is 2.74 bits per heavy atom. The molecule has 4 N–H and O–H groups in total. The first-order valence-electron chi connectivity index (χ1n) is 6.32. The van der Waals surface area contributed by atoms with Crippen LogP contribution in [0.15, 0.2) is 23.4 Å². The van der Waals surface area contributed by atoms with Gasteiger partial charge in [-0.3, -0.25) is 4.79 Å². The molecule has 0 fully saturated rings. The lowest BCUT2D eigenvalue weighted by Gasteiger charge is -2.11. The van der Waals surface area contributed by atoms with Crippen LogP contribution < -0.4 is 11.1 Å². The predicted octanol–water partition coefficient (Wildman–Crippen LogP) is 2.46. The molecular formula is C14H21N3O2. The largest absolute Gasteiger partial charge is 0.409 e. The Kier molecular flexibility index (Phi) is 5.36. The third-order valence-electron chi connectivity index (χ3n) is 2.86. The van der Waals surface area contributed by atoms with Gasteiger partial charge in [0.15, 0.2) is 5.84 Å². The van der Waals surface area contributed by atoms with Gasteiger partial charge in [0.2, 0.25) is 5.91 Å². The molecule has 5 heteroatoms. The predicted molar refractivity (Wildman–Crippen MR) is 76.4 cm³/mol. The second-order valence-electron chi connectivity index (χ2n) is 5.00. The molecule has 0 aromatic heterocycles. The minimum absolute atomic E-state index is 0.0199. The van der Waals surface area contributed by atoms with Crippen LogP contribution in [0.2, 0.25) is 0 Å². The summed E-state index contributed by atoms with van der Waals surface area (Å²) in [5.41, 5.74) is 7.74. The molecule has 0 heterocycles. The minimum atomic E-state index is -0.0199. The molecule has 0 aliphatic carbocycles. The van der Waals surface area contributed by atoms with Crippen molar-refractivity contribution in [3.05, 3.63) is 29.3 Å². The van der Waals surface area contributed by atoms with Crippen LogP contribution in [-0.4, -0.2) is 17.0 Å². The monoisotopic (exact) mass is 263 g/mol. The second-order valence-corrected chi connectivity index (χ2v) is 5.00. The van der Waals surface area contributed by atoms with Gasteiger partial charge < -0.3 is 16.3 Å². The number of aryl methyl sites for hydroxylation is 1. The number of benzene rings is 1. The number of oxime groups is 1. The Labute approximate surface area is 113 Å². The van der Waals surface area contributed by atoms with Crippen LogP contribution in [-0.2, 0) is 4.79 Å². The van der Waals surface area contributed by atoms with Crippen LogP contribution in [0.25, 0.3) is 0 Å². The molecule has 1 amide bonds. The van der Waals surface area contributed by atoms with Crippen molar-refractivity contribution in [1.29, 1.82) is 0 Å². The summed E-state index contributed by atoms with van der Waals surface area (Å²) >= 11 is 0. The zero-order chi connectivity index (χ0) is 14.4. The minimum Gasteiger partial charge on any atom is -0.409 e. The fourth-order valence-electron chi connectivity index (χ4n) is 1.61. The summed E-state index contributed by atoms with van der Waals surface area (Å²) in [6.07, 6.45) is 1.34. The van der Waals surface area contributed by atoms with Gasteiger partial charge in [0.05, 0.1) is 0 Å². The standard InChI is InChI=1S/C14H21N3O2/c1-9(2)4-7-13(18)16-12-8-11(14(15)17-19)6-5-10(12)3/h5-6,8-9,19H,4,7H2,1-3H3,(H2,15,17)(H,16,18). The lowest BCUT2D eigenvalue weighted by Crippen LogP contribution is -2.16. The number of nitrogens with zero attached hydrogens (tertiary/aromatic N) is 1. The number of carbonyl (C=O) groups is 1. The van der Waals surface area contributed by atoms with E-state index in [-0.39, 0.29) is 11.7 Å². The molecule has 0 aliphatic rings. The van der Waals surface area contributed by atoms with E-state index in [9.17, 15) is 4.79 Å². The van der Waals surface area contributed by atoms with Crippen molar-refractivity contribution in [2.45, 2.75) is 33.6 Å². The van der Waals surface area contributed by atoms with E-state index in [2.05, 4.69) is 24.3 Å². The third kappa shape index (κ3) is 4.62. The van der Waals surface area contributed by atoms with E-state index in [0.29, 0.717) is 23.6 Å². The summed E-state index contributed by atoms with van der Waals surface area (Å²) in [6, 6.07) is 5.28. The number of amidine groups is 1. The molecule has 0 aliphatic heterocycles. The SMILES string of the molecule is Cc1ccc(C(N)=NO)cc1NC(=O)CCC(C)C. The highest BCUT2D eigenvalue weighted by atomic mass is 16.4. The molecule has 0 bridgehead atoms. The summed E-state index contributed by atoms with van der Waals surface area (Å²) in [6.45, 7) is 6.06. The van der Waals surface area contributed by atoms with Gasteiger partial charge in [0, 0.05) is 17.7 Å². The lowest BCUT2D eigenvalue weighted by molar-refractivity contribution is -0.116. The average molecular weight is 263 g/mol. The summed E-state index contributed by atoms with van der Waals surface area (Å²) in [5.74, 6) is 0.501. The van der Waals surface area contributed by atoms with Gasteiger partial charge in [-0.1, -0.05) is 31.1 Å². The highest BCUT2D eigenvalue weighted by molar-refractivity contribution is 5.99. The quantitative estimate of drug-likeness (QED) is 0.330. The number of carbonyl (C=O) groups excluding carboxylic acids is 1. The second kappa shape index (κ2) is 6.78. The van der Waals surface area contributed by atoms with Gasteiger partial charge in [0.1, 0.15) is 0 Å². The maximum atomic E-state index is 11.8. The van der Waals surface area contributed by atoms with Gasteiger partial charge in [0.25, 0.3) is 0 Å². The normalized spacial score (nSPS) is 11.7. The fourth-order valence-corrected chi connectivity index (χ4v) is 1.61. The Morgan fingerprint density at radius 2 is 2.16 bits per heavy atom. The highest BCUT2D eigenvalue weighted by Gasteiger charge is 2.08. The number of rotatable bonds is 5. The lowest BCUT2D eigenvalue weighted by atomic mass is 10.1. The van der Waals surface area contributed by atoms with E-state index >= 15 is 0 Å². The number of nitrogens with two attached hydrogens (primary N) is 1. The smallest absolute Gasteiger partial charge is 0.224 e. The van der Waals surface area contributed by atoms with Gasteiger partial charge in [-0.05, 0) is 30.9 Å². The van der Waals surface area contributed by atoms with Crippen molar-refractivity contribution >= 4 is 17.4 Å². The van der Waals surface area contributed by atoms with Crippen LogP contribution in [0, 0.1) is 12.8 Å². The molecule has 19 heavy (non-hydrogen) atoms. The topological polar surface area (TPSA) is 87.7 Å². The van der Waals surface area contributed by atoms with Crippen LogP contribution in [0.1, 0.15) is 37.8 Å². The highest BCUT2D eigenvalue weighted by Crippen LogP contribution is 2.17. The van der Waals surface area contributed by atoms with Gasteiger partial charge >= 0.3 is 0 Å². The molecule has 0 radical (unpaired) electrons. The third-order valence-corrected chi connectivity index (χ3v) is 2.86. The van der Waals surface area contributed by atoms with Crippen molar-refractivity contribution in [3.8, 4) is 0 Å². The van der Waals surface area contributed by atoms with Crippen molar-refractivity contribution in [2.24, 2.45) is 16.8 Å². The first-order valence-corrected chi connectivity index (χ1v) is 6.32. The summed E-state index contributed by atoms with van der Waals surface area (Å²) in [4.78, 5) is 11.8. The Bertz CT molecular complexity index is 482. The number of amides is 1. The molecule has 0 saturated heterocycles. The van der Waals surface area contributed by atoms with Crippen LogP contribution >= 0.6 is 0 Å². The fraction of sp³-hybridized carbons (Fsp3) is 0.429. The summed E-state index contributed by atoms with van der Waals surface area (Å²) < 4.78 is 0. The molecule has 1 aromatic rings. The zero-order valence-electron chi connectivity index (χ0n) is 11.6. The van der Waals surface area contributed by atoms with Crippen molar-refractivity contribution in [2.75, 3.05) is 5.32 Å². The number of hydrogen-bond acceptors (Lipinski definition) is 3. The molecular weight excluding hydrogens is 242 g/mol. The van der Waals surface area contributed by atoms with E-state index < -0.39 is 0 Å². The Hall–Kier alpha value is -2.04. The average Bonchev–Trinajstić information content (AvgIpc) is 2.38. The number of hydrogen-bond donors (Lipinski definition) is 3. The first kappa shape index (κ1) is 15.0. The Balaban J connectivity index is 2.80. The van der Waals surface area contributed by atoms with Crippen LogP contribution in [0.5, 0.6) is 0 Å². The summed E-state index contributed by atoms with van der Waals surface area (Å²) in [5, 5.41) is 14.5. The molecule has 5 nitrogen and oxygen atoms in total. The summed E-state index contributed by atoms with van der Waals surface area (Å²) in [7, 11) is 0. The first-order chi connectivity index (χ1) is 8.93. The maximum Gasteiger partial charge on any atom is 0.224 e. The molecule has 0 saturated carbocycles. The zero-order valence-corrected chi connectivity index (χ0v) is 11.6. The Morgan fingerprint density at radius 1 is 1.47 bits per heavy atom. The van der Waals surface area contributed by atoms with Crippen LogP contribution in [0.4, 0.5) is 5.69 Å². The molecule has 0 unspecified atom stereocenters. The van der Waals surface area contributed by atoms with Crippen molar-refractivity contribution < 1.29 is 10.0 Å². The van der Waals surface area contributed by atoms with Gasteiger partial charge in [-0.15, -0.1) is 0 Å². The molecule has 104 valence electrons. The van der Waals surface area contributed by atoms with Crippen molar-refractivity contribution in [3.63, 3.8) is 0 Å². The van der Waals surface area contributed by atoms with Gasteiger partial charge in [-0.25, -0.2) is 0 Å². The number of anilines is 1. The van der Waals surface area contributed by atoms with E-state index in [4.69, 9.17) is 10.9 Å². The van der Waals surface area contributed by atoms with E-state index in [1.165, 1.54) is 0 Å². The number of nitrogens with one attached hydrogen (secondary N) is 1.